The molecule has 1 saturated heterocycles. The third kappa shape index (κ3) is 4.01. The van der Waals surface area contributed by atoms with E-state index in [4.69, 9.17) is 4.74 Å². The van der Waals surface area contributed by atoms with Crippen LogP contribution in [0.3, 0.4) is 0 Å². The summed E-state index contributed by atoms with van der Waals surface area (Å²) in [6.45, 7) is 5.25. The van der Waals surface area contributed by atoms with E-state index >= 15 is 0 Å². The molecule has 0 aliphatic carbocycles. The van der Waals surface area contributed by atoms with E-state index in [-0.39, 0.29) is 5.91 Å². The predicted octanol–water partition coefficient (Wildman–Crippen LogP) is 1.47. The van der Waals surface area contributed by atoms with Crippen molar-refractivity contribution >= 4 is 11.9 Å². The maximum Gasteiger partial charge on any atom is 0.338 e. The molecule has 2 aromatic rings. The third-order valence-corrected chi connectivity index (χ3v) is 4.44. The molecule has 2 heterocycles. The first kappa shape index (κ1) is 17.1. The number of carbonyl (C=O) groups excluding carboxylic acids is 2. The molecule has 1 aromatic heterocycles. The number of likely N-dealkylation sites (tertiary alicyclic amines) is 1. The lowest BCUT2D eigenvalue weighted by molar-refractivity contribution is -0.141. The van der Waals surface area contributed by atoms with Crippen LogP contribution < -0.4 is 0 Å². The number of rotatable bonds is 4. The van der Waals surface area contributed by atoms with Crippen LogP contribution in [0.1, 0.15) is 37.0 Å². The Morgan fingerprint density at radius 1 is 1.20 bits per heavy atom. The smallest absolute Gasteiger partial charge is 0.338 e. The highest BCUT2D eigenvalue weighted by Crippen LogP contribution is 2.17. The van der Waals surface area contributed by atoms with Crippen molar-refractivity contribution in [3.05, 3.63) is 36.2 Å². The molecule has 1 fully saturated rings. The molecule has 0 N–H and O–H groups in total. The van der Waals surface area contributed by atoms with Gasteiger partial charge in [-0.2, -0.15) is 0 Å². The molecular formula is C17H21N5O3. The van der Waals surface area contributed by atoms with Crippen LogP contribution in [0.2, 0.25) is 0 Å². The molecule has 1 aliphatic rings. The minimum Gasteiger partial charge on any atom is -0.449 e. The molecule has 25 heavy (non-hydrogen) atoms. The second kappa shape index (κ2) is 7.42. The lowest BCUT2D eigenvalue weighted by Crippen LogP contribution is -2.44. The van der Waals surface area contributed by atoms with E-state index in [0.717, 1.165) is 31.6 Å². The van der Waals surface area contributed by atoms with E-state index in [0.29, 0.717) is 11.5 Å². The van der Waals surface area contributed by atoms with Crippen LogP contribution >= 0.6 is 0 Å². The van der Waals surface area contributed by atoms with Crippen LogP contribution in [-0.4, -0.2) is 56.2 Å². The Hall–Kier alpha value is -2.77. The number of benzene rings is 1. The number of carbonyl (C=O) groups is 2. The molecule has 132 valence electrons. The molecule has 3 rings (SSSR count). The second-order valence-corrected chi connectivity index (χ2v) is 6.36. The number of esters is 1. The lowest BCUT2D eigenvalue weighted by atomic mass is 9.99. The summed E-state index contributed by atoms with van der Waals surface area (Å²) in [5, 5.41) is 10.9. The zero-order chi connectivity index (χ0) is 17.8. The number of hydrogen-bond acceptors (Lipinski definition) is 6. The van der Waals surface area contributed by atoms with Crippen molar-refractivity contribution in [1.82, 2.24) is 25.1 Å². The lowest BCUT2D eigenvalue weighted by Gasteiger charge is -2.31. The number of hydrogen-bond donors (Lipinski definition) is 0. The highest BCUT2D eigenvalue weighted by atomic mass is 16.5. The molecule has 0 bridgehead atoms. The molecule has 1 aliphatic heterocycles. The number of tetrazole rings is 1. The van der Waals surface area contributed by atoms with Gasteiger partial charge in [0.25, 0.3) is 5.91 Å². The van der Waals surface area contributed by atoms with E-state index in [1.807, 2.05) is 0 Å². The van der Waals surface area contributed by atoms with E-state index < -0.39 is 12.1 Å². The van der Waals surface area contributed by atoms with Gasteiger partial charge in [-0.05, 0) is 60.4 Å². The fourth-order valence-corrected chi connectivity index (χ4v) is 2.79. The maximum absolute atomic E-state index is 12.4. The van der Waals surface area contributed by atoms with E-state index in [1.165, 1.54) is 11.0 Å². The van der Waals surface area contributed by atoms with Crippen molar-refractivity contribution < 1.29 is 14.3 Å². The first-order chi connectivity index (χ1) is 12.0. The van der Waals surface area contributed by atoms with Crippen molar-refractivity contribution in [3.8, 4) is 5.69 Å². The minimum atomic E-state index is -0.792. The van der Waals surface area contributed by atoms with Gasteiger partial charge in [-0.3, -0.25) is 4.79 Å². The topological polar surface area (TPSA) is 90.2 Å². The summed E-state index contributed by atoms with van der Waals surface area (Å²) in [5.74, 6) is -0.0133. The number of piperidine rings is 1. The van der Waals surface area contributed by atoms with Crippen molar-refractivity contribution in [2.75, 3.05) is 13.1 Å². The molecule has 1 aromatic carbocycles. The van der Waals surface area contributed by atoms with Gasteiger partial charge in [0.05, 0.1) is 11.3 Å². The predicted molar refractivity (Wildman–Crippen MR) is 89.0 cm³/mol. The Labute approximate surface area is 145 Å². The summed E-state index contributed by atoms with van der Waals surface area (Å²) in [7, 11) is 0. The summed E-state index contributed by atoms with van der Waals surface area (Å²) < 4.78 is 6.82. The van der Waals surface area contributed by atoms with E-state index in [9.17, 15) is 9.59 Å². The highest BCUT2D eigenvalue weighted by molar-refractivity contribution is 5.92. The second-order valence-electron chi connectivity index (χ2n) is 6.36. The van der Waals surface area contributed by atoms with Crippen LogP contribution in [0.15, 0.2) is 30.6 Å². The molecule has 0 saturated carbocycles. The Bertz CT molecular complexity index is 721. The third-order valence-electron chi connectivity index (χ3n) is 4.44. The number of aromatic nitrogens is 4. The average molecular weight is 343 g/mol. The fraction of sp³-hybridized carbons (Fsp3) is 0.471. The van der Waals surface area contributed by atoms with Gasteiger partial charge < -0.3 is 9.64 Å². The van der Waals surface area contributed by atoms with Gasteiger partial charge in [0.15, 0.2) is 6.10 Å². The van der Waals surface area contributed by atoms with Crippen LogP contribution in [0.25, 0.3) is 5.69 Å². The zero-order valence-corrected chi connectivity index (χ0v) is 14.3. The van der Waals surface area contributed by atoms with Crippen molar-refractivity contribution in [2.45, 2.75) is 32.8 Å². The Morgan fingerprint density at radius 2 is 1.88 bits per heavy atom. The summed E-state index contributed by atoms with van der Waals surface area (Å²) >= 11 is 0. The quantitative estimate of drug-likeness (QED) is 0.781. The first-order valence-corrected chi connectivity index (χ1v) is 8.38. The average Bonchev–Trinajstić information content (AvgIpc) is 3.16. The summed E-state index contributed by atoms with van der Waals surface area (Å²) in [5.41, 5.74) is 1.11. The summed E-state index contributed by atoms with van der Waals surface area (Å²) in [4.78, 5) is 26.4. The monoisotopic (exact) mass is 343 g/mol. The standard InChI is InChI=1S/C17H21N5O3/c1-12-7-9-21(10-8-12)16(23)13(2)25-17(24)14-3-5-15(6-4-14)22-11-18-19-20-22/h3-6,11-13H,7-10H2,1-2H3/t13-/m1/s1. The molecule has 1 atom stereocenters. The van der Waals surface area contributed by atoms with E-state index in [1.54, 1.807) is 36.1 Å². The summed E-state index contributed by atoms with van der Waals surface area (Å²) in [6.07, 6.45) is 2.66. The SMILES string of the molecule is CC1CCN(C(=O)[C@@H](C)OC(=O)c2ccc(-n3cnnn3)cc2)CC1. The van der Waals surface area contributed by atoms with Crippen molar-refractivity contribution in [3.63, 3.8) is 0 Å². The van der Waals surface area contributed by atoms with Gasteiger partial charge in [0.2, 0.25) is 0 Å². The normalized spacial score (nSPS) is 16.5. The van der Waals surface area contributed by atoms with Gasteiger partial charge in [-0.15, -0.1) is 5.10 Å². The molecule has 8 heteroatoms. The maximum atomic E-state index is 12.4. The largest absolute Gasteiger partial charge is 0.449 e. The Balaban J connectivity index is 1.58. The van der Waals surface area contributed by atoms with Crippen LogP contribution in [0, 0.1) is 5.92 Å². The summed E-state index contributed by atoms with van der Waals surface area (Å²) in [6, 6.07) is 6.68. The Kier molecular flexibility index (Phi) is 5.06. The first-order valence-electron chi connectivity index (χ1n) is 8.38. The molecule has 8 nitrogen and oxygen atoms in total. The zero-order valence-electron chi connectivity index (χ0n) is 14.3. The van der Waals surface area contributed by atoms with Gasteiger partial charge in [-0.25, -0.2) is 9.48 Å². The van der Waals surface area contributed by atoms with Gasteiger partial charge in [-0.1, -0.05) is 6.92 Å². The molecule has 0 unspecified atom stereocenters. The van der Waals surface area contributed by atoms with Crippen LogP contribution in [0.5, 0.6) is 0 Å². The van der Waals surface area contributed by atoms with Gasteiger partial charge >= 0.3 is 5.97 Å². The molecule has 0 radical (unpaired) electrons. The molecular weight excluding hydrogens is 322 g/mol. The number of nitrogens with zero attached hydrogens (tertiary/aromatic N) is 5. The molecule has 1 amide bonds. The van der Waals surface area contributed by atoms with Crippen molar-refractivity contribution in [1.29, 1.82) is 0 Å². The van der Waals surface area contributed by atoms with E-state index in [2.05, 4.69) is 22.4 Å². The number of ether oxygens (including phenoxy) is 1. The molecule has 0 spiro atoms. The Morgan fingerprint density at radius 3 is 2.48 bits per heavy atom. The van der Waals surface area contributed by atoms with Gasteiger partial charge in [0.1, 0.15) is 6.33 Å². The van der Waals surface area contributed by atoms with Crippen LogP contribution in [-0.2, 0) is 9.53 Å². The number of amides is 1. The highest BCUT2D eigenvalue weighted by Gasteiger charge is 2.27. The van der Waals surface area contributed by atoms with Gasteiger partial charge in [0, 0.05) is 13.1 Å². The van der Waals surface area contributed by atoms with Crippen LogP contribution in [0.4, 0.5) is 0 Å². The van der Waals surface area contributed by atoms with Crippen molar-refractivity contribution in [2.24, 2.45) is 5.92 Å². The fourth-order valence-electron chi connectivity index (χ4n) is 2.79. The minimum absolute atomic E-state index is 0.134.